The van der Waals surface area contributed by atoms with E-state index >= 15 is 0 Å². The van der Waals surface area contributed by atoms with Gasteiger partial charge in [-0.1, -0.05) is 40.5 Å². The van der Waals surface area contributed by atoms with E-state index in [9.17, 15) is 0 Å². The van der Waals surface area contributed by atoms with Crippen molar-refractivity contribution < 1.29 is 16.5 Å². The highest BCUT2D eigenvalue weighted by Gasteiger charge is 2.51. The van der Waals surface area contributed by atoms with Gasteiger partial charge in [-0.15, -0.1) is 11.1 Å². The lowest BCUT2D eigenvalue weighted by Crippen LogP contribution is -2.59. The quantitative estimate of drug-likeness (QED) is 0.213. The van der Waals surface area contributed by atoms with Gasteiger partial charge in [-0.05, 0) is 70.0 Å². The fourth-order valence-electron chi connectivity index (χ4n) is 3.60. The topological polar surface area (TPSA) is 36.9 Å². The van der Waals surface area contributed by atoms with Crippen LogP contribution in [-0.2, 0) is 16.5 Å². The summed E-state index contributed by atoms with van der Waals surface area (Å²) < 4.78 is 26.2. The van der Waals surface area contributed by atoms with E-state index in [2.05, 4.69) is 86.6 Å². The van der Waals surface area contributed by atoms with Crippen molar-refractivity contribution in [2.45, 2.75) is 111 Å². The molecule has 0 saturated heterocycles. The number of halogens is 1. The molecule has 0 heterocycles. The second-order valence-corrected chi connectivity index (χ2v) is 31.1. The Morgan fingerprint density at radius 1 is 0.593 bits per heavy atom. The van der Waals surface area contributed by atoms with Crippen LogP contribution in [0.4, 0.5) is 0 Å². The Balaban J connectivity index is 5.35. The van der Waals surface area contributed by atoms with Crippen molar-refractivity contribution in [2.24, 2.45) is 0 Å². The van der Waals surface area contributed by atoms with Crippen molar-refractivity contribution in [3.05, 3.63) is 0 Å². The Morgan fingerprint density at radius 3 is 1.19 bits per heavy atom. The molecule has 0 N–H and O–H groups in total. The van der Waals surface area contributed by atoms with E-state index < -0.39 is 41.6 Å². The lowest BCUT2D eigenvalue weighted by molar-refractivity contribution is 0.296. The molecule has 0 saturated carbocycles. The highest BCUT2D eigenvalue weighted by Crippen LogP contribution is 2.43. The summed E-state index contributed by atoms with van der Waals surface area (Å²) in [7, 11) is -11.2. The van der Waals surface area contributed by atoms with Crippen molar-refractivity contribution in [1.29, 1.82) is 0 Å². The highest BCUT2D eigenvalue weighted by molar-refractivity contribution is 7.20. The molecule has 2 unspecified atom stereocenters. The molecule has 164 valence electrons. The van der Waals surface area contributed by atoms with Crippen molar-refractivity contribution in [3.63, 3.8) is 0 Å². The minimum atomic E-state index is -2.45. The zero-order valence-electron chi connectivity index (χ0n) is 20.1. The zero-order valence-corrected chi connectivity index (χ0v) is 25.8. The van der Waals surface area contributed by atoms with E-state index in [-0.39, 0.29) is 0 Å². The molecular weight excluding hydrogens is 444 g/mol. The molecule has 0 bridgehead atoms. The fourth-order valence-corrected chi connectivity index (χ4v) is 29.9. The van der Waals surface area contributed by atoms with Gasteiger partial charge in [0, 0.05) is 0 Å². The molecule has 0 aliphatic carbocycles. The maximum atomic E-state index is 7.21. The molecule has 0 aliphatic rings. The molecule has 0 radical (unpaired) electrons. The van der Waals surface area contributed by atoms with E-state index in [1.807, 2.05) is 0 Å². The Bertz CT molecular complexity index is 459. The van der Waals surface area contributed by atoms with Gasteiger partial charge >= 0.3 is 25.7 Å². The summed E-state index contributed by atoms with van der Waals surface area (Å²) in [5.41, 5.74) is 0.771. The average molecular weight is 489 g/mol. The normalized spacial score (nSPS) is 18.9. The van der Waals surface area contributed by atoms with Gasteiger partial charge < -0.3 is 16.5 Å². The molecule has 0 rings (SSSR count). The predicted molar refractivity (Wildman–Crippen MR) is 131 cm³/mol. The van der Waals surface area contributed by atoms with Crippen LogP contribution in [0.25, 0.3) is 0 Å². The largest absolute Gasteiger partial charge is 0.437 e. The van der Waals surface area contributed by atoms with Crippen molar-refractivity contribution in [1.82, 2.24) is 0 Å². The Hall–Kier alpha value is 1.21. The van der Waals surface area contributed by atoms with Gasteiger partial charge in [-0.3, -0.25) is 0 Å². The molecule has 10 heteroatoms. The lowest BCUT2D eigenvalue weighted by atomic mass is 10.4. The minimum absolute atomic E-state index is 0.385. The molecule has 0 spiro atoms. The summed E-state index contributed by atoms with van der Waals surface area (Å²) in [5.74, 6) is 0. The van der Waals surface area contributed by atoms with Gasteiger partial charge in [0.2, 0.25) is 0 Å². The van der Waals surface area contributed by atoms with E-state index in [1.54, 1.807) is 0 Å². The first kappa shape index (κ1) is 28.2. The third kappa shape index (κ3) is 10.2. The van der Waals surface area contributed by atoms with Crippen LogP contribution in [0, 0.1) is 0 Å². The van der Waals surface area contributed by atoms with Gasteiger partial charge in [0.05, 0.1) is 0 Å². The number of hydrogen-bond acceptors (Lipinski definition) is 4. The third-order valence-electron chi connectivity index (χ3n) is 4.51. The Morgan fingerprint density at radius 2 is 0.889 bits per heavy atom. The molecular formula is C17H45ClO4Si5. The first-order valence-electron chi connectivity index (χ1n) is 10.3. The second-order valence-electron chi connectivity index (χ2n) is 10.0. The van der Waals surface area contributed by atoms with Crippen LogP contribution >= 0.6 is 11.1 Å². The third-order valence-corrected chi connectivity index (χ3v) is 26.4. The summed E-state index contributed by atoms with van der Waals surface area (Å²) in [5, 5.41) is 0. The molecule has 0 fully saturated rings. The van der Waals surface area contributed by atoms with Crippen molar-refractivity contribution in [3.8, 4) is 0 Å². The van der Waals surface area contributed by atoms with Crippen LogP contribution in [0.1, 0.15) is 40.5 Å². The predicted octanol–water partition coefficient (Wildman–Crippen LogP) is 7.27. The molecule has 0 aliphatic heterocycles. The number of hydrogen-bond donors (Lipinski definition) is 0. The van der Waals surface area contributed by atoms with Crippen LogP contribution in [0.3, 0.4) is 0 Å². The van der Waals surface area contributed by atoms with Crippen LogP contribution in [0.15, 0.2) is 0 Å². The van der Waals surface area contributed by atoms with Gasteiger partial charge in [-0.2, -0.15) is 0 Å². The molecule has 0 aromatic carbocycles. The van der Waals surface area contributed by atoms with Gasteiger partial charge in [0.15, 0.2) is 8.32 Å². The molecule has 0 amide bonds. The highest BCUT2D eigenvalue weighted by atomic mass is 35.6. The van der Waals surface area contributed by atoms with Crippen molar-refractivity contribution in [2.75, 3.05) is 0 Å². The molecule has 0 aromatic rings. The second kappa shape index (κ2) is 10.0. The summed E-state index contributed by atoms with van der Waals surface area (Å²) in [6.07, 6.45) is 2.07. The fraction of sp³-hybridized carbons (Fsp3) is 1.00. The summed E-state index contributed by atoms with van der Waals surface area (Å²) in [6.45, 7) is 28.2. The summed E-state index contributed by atoms with van der Waals surface area (Å²) >= 11 is 7.21. The van der Waals surface area contributed by atoms with Crippen LogP contribution in [0.5, 0.6) is 0 Å². The van der Waals surface area contributed by atoms with Crippen LogP contribution < -0.4 is 0 Å². The zero-order chi connectivity index (χ0) is 21.9. The molecule has 27 heavy (non-hydrogen) atoms. The monoisotopic (exact) mass is 488 g/mol. The van der Waals surface area contributed by atoms with Gasteiger partial charge in [0.25, 0.3) is 7.63 Å². The summed E-state index contributed by atoms with van der Waals surface area (Å²) in [6, 6.07) is 0. The maximum absolute atomic E-state index is 7.21. The SMILES string of the molecule is CCC(C)[Si](Cl)(O[Si](C)(C)O[Si](C)(C)O[Si](C)(C)O[Si](C)(C)C)C(C)CC. The first-order chi connectivity index (χ1) is 11.8. The van der Waals surface area contributed by atoms with Crippen LogP contribution in [-0.4, -0.2) is 41.6 Å². The van der Waals surface area contributed by atoms with Gasteiger partial charge in [0.1, 0.15) is 0 Å². The molecule has 2 atom stereocenters. The van der Waals surface area contributed by atoms with Crippen LogP contribution in [0.2, 0.25) is 70.0 Å². The first-order valence-corrected chi connectivity index (χ1v) is 25.2. The minimum Gasteiger partial charge on any atom is -0.437 e. The molecule has 0 aromatic heterocycles. The van der Waals surface area contributed by atoms with Gasteiger partial charge in [-0.25, -0.2) is 0 Å². The van der Waals surface area contributed by atoms with E-state index in [4.69, 9.17) is 27.5 Å². The number of rotatable bonds is 12. The van der Waals surface area contributed by atoms with Crippen molar-refractivity contribution >= 4 is 52.7 Å². The van der Waals surface area contributed by atoms with E-state index in [0.717, 1.165) is 12.8 Å². The molecule has 4 nitrogen and oxygen atoms in total. The van der Waals surface area contributed by atoms with E-state index in [0.29, 0.717) is 11.1 Å². The standard InChI is InChI=1S/C17H45ClO4Si5/c1-14-16(3)27(18,17(4)15-2)22-26(12,13)21-25(10,11)20-24(8,9)19-23(5,6)7/h16-17H,14-15H2,1-13H3. The van der Waals surface area contributed by atoms with E-state index in [1.165, 1.54) is 0 Å². The average Bonchev–Trinajstić information content (AvgIpc) is 2.38. The summed E-state index contributed by atoms with van der Waals surface area (Å²) in [4.78, 5) is 0. The smallest absolute Gasteiger partial charge is 0.314 e. The Kier molecular flexibility index (Phi) is 10.5. The maximum Gasteiger partial charge on any atom is 0.314 e. The Labute approximate surface area is 179 Å². The lowest BCUT2D eigenvalue weighted by Gasteiger charge is -2.44.